The summed E-state index contributed by atoms with van der Waals surface area (Å²) in [6, 6.07) is 2.10. The number of hydrogen-bond donors (Lipinski definition) is 1. The van der Waals surface area contributed by atoms with Crippen LogP contribution < -0.4 is 0 Å². The first kappa shape index (κ1) is 12.2. The zero-order chi connectivity index (χ0) is 11.3. The summed E-state index contributed by atoms with van der Waals surface area (Å²) >= 11 is 0. The van der Waals surface area contributed by atoms with Crippen LogP contribution in [0.4, 0.5) is 0 Å². The molecule has 0 amide bonds. The Balaban J connectivity index is 2.60. The monoisotopic (exact) mass is 211 g/mol. The normalized spacial score (nSPS) is 11.3. The maximum atomic E-state index is 8.95. The SMILES string of the molecule is CCCN(CCO)Cc1cc(C)nn1C. The molecule has 0 saturated carbocycles. The summed E-state index contributed by atoms with van der Waals surface area (Å²) in [7, 11) is 1.96. The molecule has 0 radical (unpaired) electrons. The molecule has 1 aromatic heterocycles. The summed E-state index contributed by atoms with van der Waals surface area (Å²) < 4.78 is 1.91. The van der Waals surface area contributed by atoms with Gasteiger partial charge in [-0.2, -0.15) is 5.10 Å². The van der Waals surface area contributed by atoms with Crippen LogP contribution in [0.25, 0.3) is 0 Å². The number of hydrogen-bond acceptors (Lipinski definition) is 3. The zero-order valence-electron chi connectivity index (χ0n) is 9.90. The molecular weight excluding hydrogens is 190 g/mol. The van der Waals surface area contributed by atoms with Crippen LogP contribution in [0.5, 0.6) is 0 Å². The summed E-state index contributed by atoms with van der Waals surface area (Å²) in [5.41, 5.74) is 2.25. The minimum Gasteiger partial charge on any atom is -0.395 e. The van der Waals surface area contributed by atoms with Gasteiger partial charge in [0.15, 0.2) is 0 Å². The predicted molar refractivity (Wildman–Crippen MR) is 60.6 cm³/mol. The van der Waals surface area contributed by atoms with Gasteiger partial charge in [0, 0.05) is 20.1 Å². The lowest BCUT2D eigenvalue weighted by Crippen LogP contribution is -2.28. The van der Waals surface area contributed by atoms with Crippen LogP contribution in [0.2, 0.25) is 0 Å². The van der Waals surface area contributed by atoms with Crippen molar-refractivity contribution < 1.29 is 5.11 Å². The minimum atomic E-state index is 0.219. The molecule has 1 heterocycles. The smallest absolute Gasteiger partial charge is 0.0597 e. The van der Waals surface area contributed by atoms with Gasteiger partial charge in [-0.05, 0) is 26.0 Å². The zero-order valence-corrected chi connectivity index (χ0v) is 9.90. The number of aromatic nitrogens is 2. The topological polar surface area (TPSA) is 41.3 Å². The van der Waals surface area contributed by atoms with Crippen molar-refractivity contribution in [2.45, 2.75) is 26.8 Å². The molecule has 1 rings (SSSR count). The maximum Gasteiger partial charge on any atom is 0.0597 e. The predicted octanol–water partition coefficient (Wildman–Crippen LogP) is 0.933. The van der Waals surface area contributed by atoms with E-state index in [-0.39, 0.29) is 6.61 Å². The second-order valence-electron chi connectivity index (χ2n) is 3.90. The van der Waals surface area contributed by atoms with Crippen molar-refractivity contribution in [3.63, 3.8) is 0 Å². The molecule has 15 heavy (non-hydrogen) atoms. The lowest BCUT2D eigenvalue weighted by Gasteiger charge is -2.20. The van der Waals surface area contributed by atoms with Gasteiger partial charge in [-0.1, -0.05) is 6.92 Å². The number of aliphatic hydroxyl groups excluding tert-OH is 1. The molecule has 0 saturated heterocycles. The Kier molecular flexibility index (Phi) is 4.78. The maximum absolute atomic E-state index is 8.95. The molecule has 0 unspecified atom stereocenters. The third-order valence-corrected chi connectivity index (χ3v) is 2.44. The quantitative estimate of drug-likeness (QED) is 0.761. The van der Waals surface area contributed by atoms with Gasteiger partial charge in [0.2, 0.25) is 0 Å². The van der Waals surface area contributed by atoms with Gasteiger partial charge in [-0.25, -0.2) is 0 Å². The van der Waals surface area contributed by atoms with Crippen LogP contribution in [0.15, 0.2) is 6.07 Å². The summed E-state index contributed by atoms with van der Waals surface area (Å²) in [5, 5.41) is 13.3. The second-order valence-corrected chi connectivity index (χ2v) is 3.90. The van der Waals surface area contributed by atoms with E-state index in [1.54, 1.807) is 0 Å². The van der Waals surface area contributed by atoms with Gasteiger partial charge in [-0.3, -0.25) is 9.58 Å². The van der Waals surface area contributed by atoms with Gasteiger partial charge < -0.3 is 5.11 Å². The fourth-order valence-electron chi connectivity index (χ4n) is 1.77. The van der Waals surface area contributed by atoms with E-state index in [9.17, 15) is 0 Å². The van der Waals surface area contributed by atoms with Gasteiger partial charge in [-0.15, -0.1) is 0 Å². The van der Waals surface area contributed by atoms with Crippen molar-refractivity contribution in [2.24, 2.45) is 7.05 Å². The molecule has 4 heteroatoms. The molecule has 1 N–H and O–H groups in total. The van der Waals surface area contributed by atoms with E-state index in [1.807, 2.05) is 18.7 Å². The number of nitrogens with zero attached hydrogens (tertiary/aromatic N) is 3. The fourth-order valence-corrected chi connectivity index (χ4v) is 1.77. The van der Waals surface area contributed by atoms with Crippen molar-refractivity contribution in [2.75, 3.05) is 19.7 Å². The van der Waals surface area contributed by atoms with E-state index in [0.29, 0.717) is 0 Å². The summed E-state index contributed by atoms with van der Waals surface area (Å²) in [6.45, 7) is 6.99. The Labute approximate surface area is 91.5 Å². The van der Waals surface area contributed by atoms with Gasteiger partial charge in [0.1, 0.15) is 0 Å². The molecule has 0 aliphatic carbocycles. The van der Waals surface area contributed by atoms with Gasteiger partial charge in [0.05, 0.1) is 18.0 Å². The van der Waals surface area contributed by atoms with Crippen molar-refractivity contribution in [1.82, 2.24) is 14.7 Å². The van der Waals surface area contributed by atoms with E-state index in [0.717, 1.165) is 31.7 Å². The van der Waals surface area contributed by atoms with E-state index in [4.69, 9.17) is 5.11 Å². The molecule has 0 atom stereocenters. The van der Waals surface area contributed by atoms with Gasteiger partial charge >= 0.3 is 0 Å². The highest BCUT2D eigenvalue weighted by atomic mass is 16.3. The Morgan fingerprint density at radius 1 is 1.47 bits per heavy atom. The van der Waals surface area contributed by atoms with Crippen LogP contribution in [-0.4, -0.2) is 39.5 Å². The summed E-state index contributed by atoms with van der Waals surface area (Å²) in [6.07, 6.45) is 1.11. The Hall–Kier alpha value is -0.870. The van der Waals surface area contributed by atoms with E-state index in [2.05, 4.69) is 23.0 Å². The molecule has 0 spiro atoms. The first-order chi connectivity index (χ1) is 7.17. The number of aryl methyl sites for hydroxylation is 2. The lowest BCUT2D eigenvalue weighted by molar-refractivity contribution is 0.187. The minimum absolute atomic E-state index is 0.219. The Bertz CT molecular complexity index is 290. The van der Waals surface area contributed by atoms with Crippen molar-refractivity contribution >= 4 is 0 Å². The largest absolute Gasteiger partial charge is 0.395 e. The lowest BCUT2D eigenvalue weighted by atomic mass is 10.3. The van der Waals surface area contributed by atoms with Crippen LogP contribution in [0.1, 0.15) is 24.7 Å². The summed E-state index contributed by atoms with van der Waals surface area (Å²) in [5.74, 6) is 0. The van der Waals surface area contributed by atoms with E-state index < -0.39 is 0 Å². The van der Waals surface area contributed by atoms with Crippen LogP contribution in [-0.2, 0) is 13.6 Å². The third-order valence-electron chi connectivity index (χ3n) is 2.44. The van der Waals surface area contributed by atoms with Gasteiger partial charge in [0.25, 0.3) is 0 Å². The average molecular weight is 211 g/mol. The average Bonchev–Trinajstić information content (AvgIpc) is 2.46. The Morgan fingerprint density at radius 2 is 2.20 bits per heavy atom. The number of rotatable bonds is 6. The molecule has 0 fully saturated rings. The highest BCUT2D eigenvalue weighted by Gasteiger charge is 2.08. The van der Waals surface area contributed by atoms with E-state index >= 15 is 0 Å². The molecule has 86 valence electrons. The molecule has 0 bridgehead atoms. The van der Waals surface area contributed by atoms with Crippen LogP contribution in [0.3, 0.4) is 0 Å². The molecule has 0 aliphatic rings. The van der Waals surface area contributed by atoms with Crippen molar-refractivity contribution in [3.05, 3.63) is 17.5 Å². The highest BCUT2D eigenvalue weighted by Crippen LogP contribution is 2.06. The molecule has 0 aliphatic heterocycles. The molecule has 0 aromatic carbocycles. The molecule has 4 nitrogen and oxygen atoms in total. The van der Waals surface area contributed by atoms with Crippen molar-refractivity contribution in [1.29, 1.82) is 0 Å². The molecule has 1 aromatic rings. The highest BCUT2D eigenvalue weighted by molar-refractivity contribution is 5.08. The fraction of sp³-hybridized carbons (Fsp3) is 0.727. The van der Waals surface area contributed by atoms with Crippen molar-refractivity contribution in [3.8, 4) is 0 Å². The first-order valence-electron chi connectivity index (χ1n) is 5.50. The van der Waals surface area contributed by atoms with Crippen LogP contribution in [0, 0.1) is 6.92 Å². The summed E-state index contributed by atoms with van der Waals surface area (Å²) in [4.78, 5) is 2.25. The van der Waals surface area contributed by atoms with Crippen LogP contribution >= 0.6 is 0 Å². The molecular formula is C11H21N3O. The van der Waals surface area contributed by atoms with E-state index in [1.165, 1.54) is 5.69 Å². The second kappa shape index (κ2) is 5.88. The standard InChI is InChI=1S/C11H21N3O/c1-4-5-14(6-7-15)9-11-8-10(2)12-13(11)3/h8,15H,4-7,9H2,1-3H3. The number of aliphatic hydroxyl groups is 1. The first-order valence-corrected chi connectivity index (χ1v) is 5.50. The Morgan fingerprint density at radius 3 is 2.67 bits per heavy atom. The third kappa shape index (κ3) is 3.64.